The number of rotatable bonds is 1. The Hall–Kier alpha value is -1.32. The number of hydrogen-bond donors (Lipinski definition) is 1. The molecule has 2 unspecified atom stereocenters. The summed E-state index contributed by atoms with van der Waals surface area (Å²) < 4.78 is 6.06. The Labute approximate surface area is 119 Å². The van der Waals surface area contributed by atoms with E-state index in [0.717, 1.165) is 48.2 Å². The van der Waals surface area contributed by atoms with Crippen molar-refractivity contribution in [2.24, 2.45) is 0 Å². The number of aliphatic hydroxyl groups is 1. The van der Waals surface area contributed by atoms with Gasteiger partial charge in [0.05, 0.1) is 0 Å². The maximum atomic E-state index is 11.2. The first kappa shape index (κ1) is 12.4. The molecule has 106 valence electrons. The average molecular weight is 271 g/mol. The Kier molecular flexibility index (Phi) is 2.69. The first-order valence-corrected chi connectivity index (χ1v) is 7.64. The smallest absolute Gasteiger partial charge is 0.139 e. The Morgan fingerprint density at radius 1 is 1.30 bits per heavy atom. The molecule has 3 heterocycles. The SMILES string of the molecule is Cc1cccc2cc(C3(O)CCN4CCCCC43)oc12. The van der Waals surface area contributed by atoms with Gasteiger partial charge in [-0.1, -0.05) is 24.6 Å². The van der Waals surface area contributed by atoms with Crippen LogP contribution in [0.4, 0.5) is 0 Å². The number of furan rings is 1. The summed E-state index contributed by atoms with van der Waals surface area (Å²) in [6, 6.07) is 8.44. The van der Waals surface area contributed by atoms with Crippen molar-refractivity contribution in [1.29, 1.82) is 0 Å². The molecule has 0 spiro atoms. The van der Waals surface area contributed by atoms with Gasteiger partial charge in [-0.05, 0) is 44.4 Å². The Morgan fingerprint density at radius 3 is 3.05 bits per heavy atom. The largest absolute Gasteiger partial charge is 0.458 e. The summed E-state index contributed by atoms with van der Waals surface area (Å²) >= 11 is 0. The van der Waals surface area contributed by atoms with Gasteiger partial charge in [-0.25, -0.2) is 0 Å². The van der Waals surface area contributed by atoms with Gasteiger partial charge in [0.15, 0.2) is 0 Å². The zero-order valence-electron chi connectivity index (χ0n) is 11.9. The third-order valence-corrected chi connectivity index (χ3v) is 5.11. The van der Waals surface area contributed by atoms with E-state index in [9.17, 15) is 5.11 Å². The van der Waals surface area contributed by atoms with E-state index in [-0.39, 0.29) is 6.04 Å². The molecule has 3 heteroatoms. The topological polar surface area (TPSA) is 36.6 Å². The summed E-state index contributed by atoms with van der Waals surface area (Å²) in [6.45, 7) is 4.16. The highest BCUT2D eigenvalue weighted by Crippen LogP contribution is 2.43. The van der Waals surface area contributed by atoms with Gasteiger partial charge in [0, 0.05) is 18.0 Å². The van der Waals surface area contributed by atoms with Crippen molar-refractivity contribution in [2.75, 3.05) is 13.1 Å². The lowest BCUT2D eigenvalue weighted by Crippen LogP contribution is -2.44. The van der Waals surface area contributed by atoms with E-state index in [2.05, 4.69) is 24.0 Å². The molecule has 2 atom stereocenters. The van der Waals surface area contributed by atoms with Gasteiger partial charge in [-0.3, -0.25) is 4.90 Å². The number of fused-ring (bicyclic) bond motifs is 2. The van der Waals surface area contributed by atoms with Gasteiger partial charge in [0.25, 0.3) is 0 Å². The highest BCUT2D eigenvalue weighted by molar-refractivity contribution is 5.81. The second kappa shape index (κ2) is 4.34. The second-order valence-corrected chi connectivity index (χ2v) is 6.33. The van der Waals surface area contributed by atoms with Gasteiger partial charge in [0.2, 0.25) is 0 Å². The van der Waals surface area contributed by atoms with Crippen molar-refractivity contribution in [1.82, 2.24) is 4.90 Å². The quantitative estimate of drug-likeness (QED) is 0.865. The normalized spacial score (nSPS) is 30.8. The van der Waals surface area contributed by atoms with E-state index in [0.29, 0.717) is 0 Å². The van der Waals surface area contributed by atoms with E-state index in [1.807, 2.05) is 12.1 Å². The first-order valence-electron chi connectivity index (χ1n) is 7.64. The van der Waals surface area contributed by atoms with Crippen LogP contribution in [0.5, 0.6) is 0 Å². The van der Waals surface area contributed by atoms with Gasteiger partial charge < -0.3 is 9.52 Å². The number of hydrogen-bond acceptors (Lipinski definition) is 3. The molecule has 0 amide bonds. The average Bonchev–Trinajstić information content (AvgIpc) is 3.04. The minimum Gasteiger partial charge on any atom is -0.458 e. The van der Waals surface area contributed by atoms with Gasteiger partial charge >= 0.3 is 0 Å². The van der Waals surface area contributed by atoms with Crippen molar-refractivity contribution < 1.29 is 9.52 Å². The number of benzene rings is 1. The van der Waals surface area contributed by atoms with Crippen LogP contribution in [0.15, 0.2) is 28.7 Å². The van der Waals surface area contributed by atoms with Crippen LogP contribution < -0.4 is 0 Å². The minimum atomic E-state index is -0.800. The highest BCUT2D eigenvalue weighted by Gasteiger charge is 2.49. The van der Waals surface area contributed by atoms with E-state index < -0.39 is 5.60 Å². The molecule has 20 heavy (non-hydrogen) atoms. The lowest BCUT2D eigenvalue weighted by molar-refractivity contribution is -0.0293. The van der Waals surface area contributed by atoms with E-state index in [1.165, 1.54) is 12.8 Å². The molecule has 3 nitrogen and oxygen atoms in total. The number of piperidine rings is 1. The lowest BCUT2D eigenvalue weighted by atomic mass is 9.86. The van der Waals surface area contributed by atoms with Crippen LogP contribution in [0.25, 0.3) is 11.0 Å². The Morgan fingerprint density at radius 2 is 2.20 bits per heavy atom. The third-order valence-electron chi connectivity index (χ3n) is 5.11. The molecule has 0 radical (unpaired) electrons. The van der Waals surface area contributed by atoms with Crippen molar-refractivity contribution in [3.05, 3.63) is 35.6 Å². The van der Waals surface area contributed by atoms with Crippen molar-refractivity contribution >= 4 is 11.0 Å². The predicted octanol–water partition coefficient (Wildman–Crippen LogP) is 3.19. The molecule has 4 rings (SSSR count). The fourth-order valence-corrected chi connectivity index (χ4v) is 3.99. The Balaban J connectivity index is 1.79. The maximum Gasteiger partial charge on any atom is 0.139 e. The molecule has 2 saturated heterocycles. The molecule has 1 N–H and O–H groups in total. The number of nitrogens with zero attached hydrogens (tertiary/aromatic N) is 1. The molecule has 0 saturated carbocycles. The third kappa shape index (κ3) is 1.66. The van der Waals surface area contributed by atoms with E-state index >= 15 is 0 Å². The molecule has 1 aromatic heterocycles. The van der Waals surface area contributed by atoms with Gasteiger partial charge in [0.1, 0.15) is 16.9 Å². The maximum absolute atomic E-state index is 11.2. The summed E-state index contributed by atoms with van der Waals surface area (Å²) in [6.07, 6.45) is 4.33. The van der Waals surface area contributed by atoms with Crippen molar-refractivity contribution in [3.8, 4) is 0 Å². The molecule has 2 aliphatic heterocycles. The summed E-state index contributed by atoms with van der Waals surface area (Å²) in [5.41, 5.74) is 1.26. The fourth-order valence-electron chi connectivity index (χ4n) is 3.99. The molecule has 2 aliphatic rings. The van der Waals surface area contributed by atoms with Crippen LogP contribution in [0.3, 0.4) is 0 Å². The van der Waals surface area contributed by atoms with Crippen LogP contribution in [-0.4, -0.2) is 29.1 Å². The molecule has 2 fully saturated rings. The molecular weight excluding hydrogens is 250 g/mol. The van der Waals surface area contributed by atoms with Gasteiger partial charge in [-0.15, -0.1) is 0 Å². The summed E-state index contributed by atoms with van der Waals surface area (Å²) in [5.74, 6) is 0.760. The molecule has 0 bridgehead atoms. The van der Waals surface area contributed by atoms with E-state index in [4.69, 9.17) is 4.42 Å². The van der Waals surface area contributed by atoms with Gasteiger partial charge in [-0.2, -0.15) is 0 Å². The molecule has 2 aromatic rings. The zero-order chi connectivity index (χ0) is 13.7. The Bertz CT molecular complexity index is 647. The lowest BCUT2D eigenvalue weighted by Gasteiger charge is -2.36. The van der Waals surface area contributed by atoms with Crippen molar-refractivity contribution in [2.45, 2.75) is 44.2 Å². The summed E-state index contributed by atoms with van der Waals surface area (Å²) in [5, 5.41) is 12.3. The minimum absolute atomic E-state index is 0.233. The number of aryl methyl sites for hydroxylation is 1. The standard InChI is InChI=1S/C17H21NO2/c1-12-5-4-6-13-11-15(20-16(12)13)17(19)8-10-18-9-3-2-7-14(17)18/h4-6,11,14,19H,2-3,7-10H2,1H3. The highest BCUT2D eigenvalue weighted by atomic mass is 16.4. The summed E-state index contributed by atoms with van der Waals surface area (Å²) in [7, 11) is 0. The molecular formula is C17H21NO2. The molecule has 1 aromatic carbocycles. The van der Waals surface area contributed by atoms with Crippen LogP contribution in [0, 0.1) is 6.92 Å². The predicted molar refractivity (Wildman–Crippen MR) is 78.7 cm³/mol. The monoisotopic (exact) mass is 271 g/mol. The number of para-hydroxylation sites is 1. The zero-order valence-corrected chi connectivity index (χ0v) is 11.9. The first-order chi connectivity index (χ1) is 9.68. The van der Waals surface area contributed by atoms with Crippen LogP contribution >= 0.6 is 0 Å². The second-order valence-electron chi connectivity index (χ2n) is 6.33. The molecule has 0 aliphatic carbocycles. The van der Waals surface area contributed by atoms with Crippen molar-refractivity contribution in [3.63, 3.8) is 0 Å². The van der Waals surface area contributed by atoms with Crippen LogP contribution in [0.2, 0.25) is 0 Å². The summed E-state index contributed by atoms with van der Waals surface area (Å²) in [4.78, 5) is 2.43. The van der Waals surface area contributed by atoms with Crippen LogP contribution in [-0.2, 0) is 5.60 Å². The van der Waals surface area contributed by atoms with E-state index in [1.54, 1.807) is 0 Å². The van der Waals surface area contributed by atoms with Crippen LogP contribution in [0.1, 0.15) is 37.0 Å². The fraction of sp³-hybridized carbons (Fsp3) is 0.529.